The molecule has 3 N–H and O–H groups in total. The van der Waals surface area contributed by atoms with E-state index in [-0.39, 0.29) is 11.6 Å². The van der Waals surface area contributed by atoms with Crippen LogP contribution in [0.1, 0.15) is 59.3 Å². The summed E-state index contributed by atoms with van der Waals surface area (Å²) in [6.07, 6.45) is 7.10. The summed E-state index contributed by atoms with van der Waals surface area (Å²) in [6.45, 7) is 6.82. The fourth-order valence-corrected chi connectivity index (χ4v) is 3.37. The molecular formula is C14H30N2O. The first-order valence-corrected chi connectivity index (χ1v) is 7.14. The van der Waals surface area contributed by atoms with Gasteiger partial charge in [-0.05, 0) is 37.5 Å². The molecule has 1 saturated carbocycles. The molecular weight excluding hydrogens is 212 g/mol. The molecule has 0 saturated heterocycles. The molecule has 0 aromatic carbocycles. The summed E-state index contributed by atoms with van der Waals surface area (Å²) in [4.78, 5) is 0. The maximum absolute atomic E-state index is 5.92. The predicted octanol–water partition coefficient (Wildman–Crippen LogP) is 2.85. The van der Waals surface area contributed by atoms with Crippen molar-refractivity contribution in [2.24, 2.45) is 17.7 Å². The van der Waals surface area contributed by atoms with E-state index in [1.807, 2.05) is 7.11 Å². The Labute approximate surface area is 106 Å². The Morgan fingerprint density at radius 3 is 2.18 bits per heavy atom. The summed E-state index contributed by atoms with van der Waals surface area (Å²) in [5, 5.41) is 0. The van der Waals surface area contributed by atoms with Crippen molar-refractivity contribution in [2.75, 3.05) is 7.11 Å². The van der Waals surface area contributed by atoms with Crippen molar-refractivity contribution in [3.8, 4) is 0 Å². The molecule has 1 aliphatic carbocycles. The van der Waals surface area contributed by atoms with Crippen LogP contribution in [0.25, 0.3) is 0 Å². The lowest BCUT2D eigenvalue weighted by Crippen LogP contribution is -2.59. The third kappa shape index (κ3) is 3.21. The molecule has 0 radical (unpaired) electrons. The number of hydrogen-bond donors (Lipinski definition) is 2. The number of methoxy groups -OCH3 is 1. The molecule has 1 atom stereocenters. The summed E-state index contributed by atoms with van der Waals surface area (Å²) in [7, 11) is 1.85. The summed E-state index contributed by atoms with van der Waals surface area (Å²) >= 11 is 0. The summed E-state index contributed by atoms with van der Waals surface area (Å²) in [6, 6.07) is 0.287. The molecule has 102 valence electrons. The van der Waals surface area contributed by atoms with Crippen LogP contribution < -0.4 is 11.3 Å². The van der Waals surface area contributed by atoms with Crippen molar-refractivity contribution >= 4 is 0 Å². The number of hydrazine groups is 1. The third-order valence-electron chi connectivity index (χ3n) is 4.79. The lowest BCUT2D eigenvalue weighted by molar-refractivity contribution is -0.0892. The molecule has 0 bridgehead atoms. The number of nitrogens with one attached hydrogen (secondary N) is 1. The van der Waals surface area contributed by atoms with Gasteiger partial charge in [0.05, 0.1) is 11.6 Å². The maximum Gasteiger partial charge on any atom is 0.0847 e. The van der Waals surface area contributed by atoms with Crippen LogP contribution in [0.15, 0.2) is 0 Å². The smallest absolute Gasteiger partial charge is 0.0847 e. The highest BCUT2D eigenvalue weighted by molar-refractivity contribution is 4.98. The topological polar surface area (TPSA) is 47.3 Å². The van der Waals surface area contributed by atoms with Crippen molar-refractivity contribution in [1.82, 2.24) is 5.43 Å². The second-order valence-corrected chi connectivity index (χ2v) is 5.67. The van der Waals surface area contributed by atoms with Gasteiger partial charge in [0.15, 0.2) is 0 Å². The van der Waals surface area contributed by atoms with Crippen LogP contribution >= 0.6 is 0 Å². The SMILES string of the molecule is CCC(CC)C(NN)C1(OC)CCC(C)CC1. The number of rotatable bonds is 6. The first-order chi connectivity index (χ1) is 8.13. The van der Waals surface area contributed by atoms with Gasteiger partial charge < -0.3 is 4.74 Å². The Bertz CT molecular complexity index is 208. The van der Waals surface area contributed by atoms with Crippen molar-refractivity contribution in [2.45, 2.75) is 70.9 Å². The zero-order valence-corrected chi connectivity index (χ0v) is 12.0. The highest BCUT2D eigenvalue weighted by Crippen LogP contribution is 2.39. The minimum Gasteiger partial charge on any atom is -0.377 e. The zero-order valence-electron chi connectivity index (χ0n) is 12.0. The van der Waals surface area contributed by atoms with Gasteiger partial charge in [0.2, 0.25) is 0 Å². The zero-order chi connectivity index (χ0) is 12.9. The minimum atomic E-state index is -0.0437. The second-order valence-electron chi connectivity index (χ2n) is 5.67. The van der Waals surface area contributed by atoms with Gasteiger partial charge in [0.25, 0.3) is 0 Å². The minimum absolute atomic E-state index is 0.0437. The normalized spacial score (nSPS) is 31.8. The van der Waals surface area contributed by atoms with Gasteiger partial charge in [-0.1, -0.05) is 33.6 Å². The molecule has 3 nitrogen and oxygen atoms in total. The first kappa shape index (κ1) is 14.9. The fraction of sp³-hybridized carbons (Fsp3) is 1.00. The van der Waals surface area contributed by atoms with Gasteiger partial charge >= 0.3 is 0 Å². The van der Waals surface area contributed by atoms with E-state index >= 15 is 0 Å². The van der Waals surface area contributed by atoms with E-state index in [2.05, 4.69) is 26.2 Å². The van der Waals surface area contributed by atoms with E-state index in [1.165, 1.54) is 12.8 Å². The van der Waals surface area contributed by atoms with Crippen LogP contribution in [-0.2, 0) is 4.74 Å². The predicted molar refractivity (Wildman–Crippen MR) is 72.6 cm³/mol. The number of hydrogen-bond acceptors (Lipinski definition) is 3. The van der Waals surface area contributed by atoms with Crippen molar-refractivity contribution in [1.29, 1.82) is 0 Å². The largest absolute Gasteiger partial charge is 0.377 e. The Kier molecular flexibility index (Phi) is 5.90. The fourth-order valence-electron chi connectivity index (χ4n) is 3.37. The molecule has 1 unspecified atom stereocenters. The van der Waals surface area contributed by atoms with Crippen LogP contribution in [0.3, 0.4) is 0 Å². The average Bonchev–Trinajstić information content (AvgIpc) is 2.37. The van der Waals surface area contributed by atoms with Crippen molar-refractivity contribution < 1.29 is 4.74 Å². The van der Waals surface area contributed by atoms with E-state index in [1.54, 1.807) is 0 Å². The molecule has 0 heterocycles. The molecule has 0 aromatic heterocycles. The molecule has 0 amide bonds. The summed E-state index contributed by atoms with van der Waals surface area (Å²) in [5.41, 5.74) is 3.01. The first-order valence-electron chi connectivity index (χ1n) is 7.14. The number of nitrogens with two attached hydrogens (primary N) is 1. The van der Waals surface area contributed by atoms with Crippen LogP contribution in [0.4, 0.5) is 0 Å². The highest BCUT2D eigenvalue weighted by atomic mass is 16.5. The number of ether oxygens (including phenoxy) is 1. The Morgan fingerprint density at radius 2 is 1.82 bits per heavy atom. The van der Waals surface area contributed by atoms with Crippen LogP contribution in [0, 0.1) is 11.8 Å². The van der Waals surface area contributed by atoms with Crippen LogP contribution in [0.5, 0.6) is 0 Å². The Balaban J connectivity index is 2.81. The third-order valence-corrected chi connectivity index (χ3v) is 4.79. The molecule has 17 heavy (non-hydrogen) atoms. The van der Waals surface area contributed by atoms with E-state index in [0.29, 0.717) is 5.92 Å². The van der Waals surface area contributed by atoms with Crippen LogP contribution in [0.2, 0.25) is 0 Å². The standard InChI is InChI=1S/C14H30N2O/c1-5-12(6-2)13(16-15)14(17-4)9-7-11(3)8-10-14/h11-13,16H,5-10,15H2,1-4H3. The Hall–Kier alpha value is -0.120. The van der Waals surface area contributed by atoms with Crippen LogP contribution in [-0.4, -0.2) is 18.8 Å². The van der Waals surface area contributed by atoms with E-state index in [0.717, 1.165) is 31.6 Å². The second kappa shape index (κ2) is 6.72. The van der Waals surface area contributed by atoms with Gasteiger partial charge in [0, 0.05) is 7.11 Å². The monoisotopic (exact) mass is 242 g/mol. The van der Waals surface area contributed by atoms with Gasteiger partial charge in [-0.3, -0.25) is 11.3 Å². The van der Waals surface area contributed by atoms with Gasteiger partial charge in [-0.2, -0.15) is 0 Å². The van der Waals surface area contributed by atoms with E-state index < -0.39 is 0 Å². The molecule has 0 spiro atoms. The average molecular weight is 242 g/mol. The molecule has 0 aromatic rings. The maximum atomic E-state index is 5.92. The van der Waals surface area contributed by atoms with E-state index in [4.69, 9.17) is 10.6 Å². The molecule has 1 aliphatic rings. The lowest BCUT2D eigenvalue weighted by Gasteiger charge is -2.46. The molecule has 1 rings (SSSR count). The van der Waals surface area contributed by atoms with Crippen molar-refractivity contribution in [3.05, 3.63) is 0 Å². The summed E-state index contributed by atoms with van der Waals surface area (Å²) < 4.78 is 5.92. The van der Waals surface area contributed by atoms with Gasteiger partial charge in [0.1, 0.15) is 0 Å². The van der Waals surface area contributed by atoms with E-state index in [9.17, 15) is 0 Å². The van der Waals surface area contributed by atoms with Crippen molar-refractivity contribution in [3.63, 3.8) is 0 Å². The lowest BCUT2D eigenvalue weighted by atomic mass is 9.71. The Morgan fingerprint density at radius 1 is 1.29 bits per heavy atom. The molecule has 3 heteroatoms. The van der Waals surface area contributed by atoms with Gasteiger partial charge in [-0.15, -0.1) is 0 Å². The highest BCUT2D eigenvalue weighted by Gasteiger charge is 2.43. The van der Waals surface area contributed by atoms with Gasteiger partial charge in [-0.25, -0.2) is 0 Å². The summed E-state index contributed by atoms with van der Waals surface area (Å²) in [5.74, 6) is 7.26. The molecule has 0 aliphatic heterocycles. The molecule has 1 fully saturated rings. The quantitative estimate of drug-likeness (QED) is 0.556.